The number of rotatable bonds is 15. The number of pyridine rings is 3. The van der Waals surface area contributed by atoms with Gasteiger partial charge in [-0.25, -0.2) is 30.7 Å². The SMILES string of the molecule is C.CC.CC1(C)SCCN(S(=O)(=O)c2ccc(Oc3cc[n+]([O-])cc3)cc2)[C@H]1C(=O)Cl.CC1(C)SCCN(S(=O)(=O)c2ccc(Oc3cc[n+]([O-])cc3)cc2)[C@H]1C(=O)NO.CC1(C)SCCN(S(=O)(=O)c2ccc(Oc3cc[n+]([O-])cc3)cc2)[C@H]1C(=O)O.[Cl-]. The summed E-state index contributed by atoms with van der Waals surface area (Å²) in [4.78, 5) is 36.0. The van der Waals surface area contributed by atoms with Crippen molar-refractivity contribution in [3.05, 3.63) is 162 Å². The van der Waals surface area contributed by atoms with Crippen LogP contribution >= 0.6 is 46.9 Å². The van der Waals surface area contributed by atoms with Crippen molar-refractivity contribution >= 4 is 94.1 Å². The number of hydroxylamine groups is 1. The molecule has 0 spiro atoms. The van der Waals surface area contributed by atoms with Crippen LogP contribution in [0.3, 0.4) is 0 Å². The van der Waals surface area contributed by atoms with Gasteiger partial charge in [-0.15, -0.1) is 0 Å². The monoisotopic (exact) mass is 1390 g/mol. The van der Waals surface area contributed by atoms with E-state index in [-0.39, 0.29) is 54.2 Å². The number of carboxylic acid groups (broad SMARTS) is 1. The highest BCUT2D eigenvalue weighted by Gasteiger charge is 2.51. The highest BCUT2D eigenvalue weighted by molar-refractivity contribution is 8.01. The maximum absolute atomic E-state index is 13.2. The molecule has 0 unspecified atom stereocenters. The largest absolute Gasteiger partial charge is 1.00 e. The van der Waals surface area contributed by atoms with Gasteiger partial charge in [0.2, 0.25) is 35.3 Å². The third-order valence-electron chi connectivity index (χ3n) is 13.3. The van der Waals surface area contributed by atoms with Gasteiger partial charge in [-0.1, -0.05) is 21.3 Å². The van der Waals surface area contributed by atoms with Crippen molar-refractivity contribution in [2.24, 2.45) is 0 Å². The number of amides is 1. The van der Waals surface area contributed by atoms with Crippen molar-refractivity contribution in [2.45, 2.75) is 110 Å². The summed E-state index contributed by atoms with van der Waals surface area (Å²) in [5, 5.41) is 51.2. The molecule has 3 fully saturated rings. The molecule has 3 aliphatic rings. The first-order valence-electron chi connectivity index (χ1n) is 26.6. The number of aliphatic carboxylic acids is 1. The van der Waals surface area contributed by atoms with Gasteiger partial charge in [0.25, 0.3) is 5.91 Å². The topological polar surface area (TPSA) is 324 Å². The molecule has 1 amide bonds. The molecule has 3 N–H and O–H groups in total. The van der Waals surface area contributed by atoms with E-state index in [2.05, 4.69) is 0 Å². The van der Waals surface area contributed by atoms with Gasteiger partial charge in [0, 0.05) is 87.5 Å². The molecule has 3 aromatic heterocycles. The molecule has 3 atom stereocenters. The Bertz CT molecular complexity index is 3520. The van der Waals surface area contributed by atoms with E-state index in [9.17, 15) is 60.4 Å². The van der Waals surface area contributed by atoms with Crippen molar-refractivity contribution in [1.29, 1.82) is 0 Å². The normalized spacial score (nSPS) is 18.9. The molecule has 0 bridgehead atoms. The molecule has 3 aliphatic heterocycles. The molecular formula is C57H70Cl2N7O17S6-. The predicted molar refractivity (Wildman–Crippen MR) is 335 cm³/mol. The molecule has 3 aromatic carbocycles. The Hall–Kier alpha value is -6.16. The zero-order chi connectivity index (χ0) is 64.3. The number of sulfonamides is 3. The van der Waals surface area contributed by atoms with Gasteiger partial charge in [0.1, 0.15) is 52.6 Å². The number of hydrogen-bond donors (Lipinski definition) is 3. The highest BCUT2D eigenvalue weighted by Crippen LogP contribution is 2.42. The lowest BCUT2D eigenvalue weighted by Crippen LogP contribution is -3.00. The van der Waals surface area contributed by atoms with Crippen LogP contribution < -0.4 is 46.3 Å². The first-order chi connectivity index (χ1) is 40.9. The molecule has 0 radical (unpaired) electrons. The molecule has 6 aromatic rings. The Kier molecular flexibility index (Phi) is 26.8. The number of carbonyl (C=O) groups excluding carboxylic acids is 2. The van der Waals surface area contributed by atoms with Crippen molar-refractivity contribution < 1.29 is 90.8 Å². The first-order valence-corrected chi connectivity index (χ1v) is 34.3. The Morgan fingerprint density at radius 3 is 0.989 bits per heavy atom. The molecule has 24 nitrogen and oxygen atoms in total. The van der Waals surface area contributed by atoms with Crippen molar-refractivity contribution in [3.8, 4) is 34.5 Å². The number of carbonyl (C=O) groups is 3. The van der Waals surface area contributed by atoms with Crippen LogP contribution in [0.2, 0.25) is 0 Å². The number of hydrogen-bond acceptors (Lipinski definition) is 19. The summed E-state index contributed by atoms with van der Waals surface area (Å²) in [5.74, 6) is 2.20. The van der Waals surface area contributed by atoms with Gasteiger partial charge in [-0.3, -0.25) is 19.6 Å². The average molecular weight is 1390 g/mol. The summed E-state index contributed by atoms with van der Waals surface area (Å²) >= 11 is 10.2. The van der Waals surface area contributed by atoms with Crippen molar-refractivity contribution in [2.75, 3.05) is 36.9 Å². The number of aromatic nitrogens is 3. The maximum Gasteiger partial charge on any atom is 0.323 e. The Labute approximate surface area is 542 Å². The third kappa shape index (κ3) is 18.7. The number of nitrogens with one attached hydrogen (secondary N) is 1. The number of ether oxygens (including phenoxy) is 3. The lowest BCUT2D eigenvalue weighted by molar-refractivity contribution is -0.605. The van der Waals surface area contributed by atoms with E-state index < -0.39 is 79.6 Å². The fourth-order valence-electron chi connectivity index (χ4n) is 9.21. The number of nitrogens with zero attached hydrogens (tertiary/aromatic N) is 6. The van der Waals surface area contributed by atoms with Gasteiger partial charge >= 0.3 is 5.97 Å². The molecule has 3 saturated heterocycles. The number of benzene rings is 3. The van der Waals surface area contributed by atoms with Crippen molar-refractivity contribution in [1.82, 2.24) is 18.4 Å². The van der Waals surface area contributed by atoms with Gasteiger partial charge in [0.05, 0.1) is 14.7 Å². The smallest absolute Gasteiger partial charge is 0.323 e. The summed E-state index contributed by atoms with van der Waals surface area (Å²) < 4.78 is 98.7. The van der Waals surface area contributed by atoms with E-state index in [1.807, 2.05) is 27.7 Å². The van der Waals surface area contributed by atoms with E-state index in [0.29, 0.717) is 65.9 Å². The van der Waals surface area contributed by atoms with Crippen LogP contribution in [-0.4, -0.2) is 135 Å². The predicted octanol–water partition coefficient (Wildman–Crippen LogP) is 5.01. The minimum atomic E-state index is -3.98. The van der Waals surface area contributed by atoms with Gasteiger partial charge < -0.3 is 47.3 Å². The van der Waals surface area contributed by atoms with E-state index in [4.69, 9.17) is 31.0 Å². The molecule has 9 rings (SSSR count). The molecule has 0 saturated carbocycles. The molecule has 6 heterocycles. The number of thioether (sulfide) groups is 3. The van der Waals surface area contributed by atoms with Gasteiger partial charge in [0.15, 0.2) is 37.2 Å². The summed E-state index contributed by atoms with van der Waals surface area (Å²) in [5.41, 5.74) is 1.58. The van der Waals surface area contributed by atoms with Crippen LogP contribution in [0, 0.1) is 15.6 Å². The van der Waals surface area contributed by atoms with Gasteiger partial charge in [-0.05, 0) is 126 Å². The van der Waals surface area contributed by atoms with E-state index in [0.717, 1.165) is 8.61 Å². The summed E-state index contributed by atoms with van der Waals surface area (Å²) in [7, 11) is -11.9. The fraction of sp³-hybridized carbons (Fsp3) is 0.368. The summed E-state index contributed by atoms with van der Waals surface area (Å²) in [6.45, 7) is 15.1. The van der Waals surface area contributed by atoms with Gasteiger partial charge in [-0.2, -0.15) is 62.4 Å². The van der Waals surface area contributed by atoms with E-state index in [1.54, 1.807) is 33.2 Å². The third-order valence-corrected chi connectivity index (χ3v) is 23.2. The minimum absolute atomic E-state index is 0. The lowest BCUT2D eigenvalue weighted by Gasteiger charge is -2.43. The quantitative estimate of drug-likeness (QED) is 0.0400. The summed E-state index contributed by atoms with van der Waals surface area (Å²) in [6.07, 6.45) is 7.75. The summed E-state index contributed by atoms with van der Waals surface area (Å²) in [6, 6.07) is 23.2. The highest BCUT2D eigenvalue weighted by atomic mass is 35.5. The van der Waals surface area contributed by atoms with Crippen LogP contribution in [-0.2, 0) is 44.5 Å². The van der Waals surface area contributed by atoms with Crippen molar-refractivity contribution in [3.63, 3.8) is 0 Å². The average Bonchev–Trinajstić information content (AvgIpc) is 3.43. The van der Waals surface area contributed by atoms with Crippen LogP contribution in [0.5, 0.6) is 34.5 Å². The molecule has 0 aliphatic carbocycles. The van der Waals surface area contributed by atoms with E-state index >= 15 is 0 Å². The number of halogens is 2. The van der Waals surface area contributed by atoms with Crippen LogP contribution in [0.25, 0.3) is 0 Å². The molecule has 32 heteroatoms. The van der Waals surface area contributed by atoms with E-state index in [1.165, 1.54) is 186 Å². The molecule has 89 heavy (non-hydrogen) atoms. The maximum atomic E-state index is 13.2. The fourth-order valence-corrected chi connectivity index (χ4v) is 19.0. The second-order valence-electron chi connectivity index (χ2n) is 20.4. The number of carboxylic acids is 1. The minimum Gasteiger partial charge on any atom is -1.00 e. The van der Waals surface area contributed by atoms with Crippen LogP contribution in [0.4, 0.5) is 0 Å². The second kappa shape index (κ2) is 31.7. The standard InChI is InChI=1S/C18H19ClN2O5S2.C18H21N3O6S2.C18H20N2O6S2.C2H6.CH4.ClH/c1-18(2)16(17(19)22)21(11-12-27-18)28(24,25)15-5-3-13(4-6-15)26-14-7-9-20(23)10-8-14;1-18(2)16(17(22)19-23)21(11-12-28-18)29(25,26)15-5-3-13(4-6-15)27-14-7-9-20(24)10-8-14;1-18(2)16(17(21)22)20(11-12-27-18)28(24,25)15-5-3-13(4-6-15)26-14-7-9-19(23)10-8-14;1-2;;/h3-10,16H,11-12H2,1-2H3;3-10,16,23H,11-12H2,1-2H3,(H,19,22);3-10,16H,11-12H2,1-2H3,(H,21,22);1-2H3;1H4;1H/p-1/t3*16-;;;/m000.../s1. The van der Waals surface area contributed by atoms with Crippen LogP contribution in [0.15, 0.2) is 161 Å². The Morgan fingerprint density at radius 2 is 0.730 bits per heavy atom. The lowest BCUT2D eigenvalue weighted by atomic mass is 10.0. The van der Waals surface area contributed by atoms with Crippen LogP contribution in [0.1, 0.15) is 62.8 Å². The molecule has 486 valence electrons. The zero-order valence-electron chi connectivity index (χ0n) is 48.7. The Morgan fingerprint density at radius 1 is 0.494 bits per heavy atom. The zero-order valence-corrected chi connectivity index (χ0v) is 55.1. The second-order valence-corrected chi connectivity index (χ2v) is 31.7. The molecular weight excluding hydrogens is 1320 g/mol. The Balaban J connectivity index is 0.000000278. The first kappa shape index (κ1) is 75.3.